The van der Waals surface area contributed by atoms with Gasteiger partial charge in [-0.1, -0.05) is 11.6 Å². The quantitative estimate of drug-likeness (QED) is 0.869. The van der Waals surface area contributed by atoms with Gasteiger partial charge in [-0.15, -0.1) is 11.3 Å². The number of pyridine rings is 1. The molecule has 0 spiro atoms. The number of thiazole rings is 1. The molecular weight excluding hydrogens is 258 g/mol. The van der Waals surface area contributed by atoms with Crippen molar-refractivity contribution in [2.75, 3.05) is 0 Å². The number of carbonyl (C=O) groups excluding carboxylic acids is 1. The maximum absolute atomic E-state index is 11.8. The van der Waals surface area contributed by atoms with Crippen LogP contribution < -0.4 is 5.32 Å². The highest BCUT2D eigenvalue weighted by Gasteiger charge is 2.06. The van der Waals surface area contributed by atoms with Crippen molar-refractivity contribution in [1.29, 1.82) is 0 Å². The number of rotatable bonds is 3. The van der Waals surface area contributed by atoms with Gasteiger partial charge in [-0.05, 0) is 19.1 Å². The SMILES string of the molecule is Cc1nc(CNC(=O)c2ccnc(Cl)c2)cs1. The molecule has 0 aliphatic heterocycles. The van der Waals surface area contributed by atoms with Crippen molar-refractivity contribution < 1.29 is 4.79 Å². The van der Waals surface area contributed by atoms with Crippen LogP contribution in [0.25, 0.3) is 0 Å². The van der Waals surface area contributed by atoms with Gasteiger partial charge in [0.05, 0.1) is 17.2 Å². The van der Waals surface area contributed by atoms with Gasteiger partial charge in [0, 0.05) is 17.1 Å². The molecule has 1 N–H and O–H groups in total. The third kappa shape index (κ3) is 3.25. The maximum Gasteiger partial charge on any atom is 0.251 e. The minimum atomic E-state index is -0.181. The van der Waals surface area contributed by atoms with Crippen LogP contribution in [0.4, 0.5) is 0 Å². The van der Waals surface area contributed by atoms with E-state index in [-0.39, 0.29) is 5.91 Å². The second-order valence-electron chi connectivity index (χ2n) is 3.41. The summed E-state index contributed by atoms with van der Waals surface area (Å²) in [7, 11) is 0. The van der Waals surface area contributed by atoms with Crippen molar-refractivity contribution in [2.45, 2.75) is 13.5 Å². The summed E-state index contributed by atoms with van der Waals surface area (Å²) in [5, 5.41) is 6.00. The number of aryl methyl sites for hydroxylation is 1. The average molecular weight is 268 g/mol. The summed E-state index contributed by atoms with van der Waals surface area (Å²) < 4.78 is 0. The number of amides is 1. The van der Waals surface area contributed by atoms with E-state index in [2.05, 4.69) is 15.3 Å². The molecular formula is C11H10ClN3OS. The van der Waals surface area contributed by atoms with Gasteiger partial charge in [0.1, 0.15) is 5.15 Å². The first-order valence-corrected chi connectivity index (χ1v) is 6.21. The summed E-state index contributed by atoms with van der Waals surface area (Å²) in [6.07, 6.45) is 1.50. The third-order valence-corrected chi connectivity index (χ3v) is 3.11. The molecule has 17 heavy (non-hydrogen) atoms. The van der Waals surface area contributed by atoms with Crippen LogP contribution in [0.3, 0.4) is 0 Å². The van der Waals surface area contributed by atoms with Crippen LogP contribution in [0.1, 0.15) is 21.1 Å². The molecule has 0 atom stereocenters. The van der Waals surface area contributed by atoms with Crippen molar-refractivity contribution in [3.8, 4) is 0 Å². The van der Waals surface area contributed by atoms with Crippen LogP contribution in [0.5, 0.6) is 0 Å². The fraction of sp³-hybridized carbons (Fsp3) is 0.182. The molecule has 0 bridgehead atoms. The molecule has 2 aromatic heterocycles. The summed E-state index contributed by atoms with van der Waals surface area (Å²) in [5.74, 6) is -0.181. The molecule has 0 unspecified atom stereocenters. The first kappa shape index (κ1) is 12.0. The molecule has 0 radical (unpaired) electrons. The second-order valence-corrected chi connectivity index (χ2v) is 4.86. The van der Waals surface area contributed by atoms with E-state index in [4.69, 9.17) is 11.6 Å². The summed E-state index contributed by atoms with van der Waals surface area (Å²) >= 11 is 7.27. The fourth-order valence-corrected chi connectivity index (χ4v) is 2.09. The molecule has 0 saturated heterocycles. The lowest BCUT2D eigenvalue weighted by atomic mass is 10.2. The Kier molecular flexibility index (Phi) is 3.71. The largest absolute Gasteiger partial charge is 0.346 e. The molecule has 6 heteroatoms. The standard InChI is InChI=1S/C11H10ClN3OS/c1-7-15-9(6-17-7)5-14-11(16)8-2-3-13-10(12)4-8/h2-4,6H,5H2,1H3,(H,14,16). The number of nitrogens with zero attached hydrogens (tertiary/aromatic N) is 2. The van der Waals surface area contributed by atoms with Gasteiger partial charge in [0.15, 0.2) is 0 Å². The lowest BCUT2D eigenvalue weighted by Crippen LogP contribution is -2.22. The van der Waals surface area contributed by atoms with Crippen molar-refractivity contribution in [3.05, 3.63) is 45.1 Å². The summed E-state index contributed by atoms with van der Waals surface area (Å²) in [6, 6.07) is 3.15. The zero-order chi connectivity index (χ0) is 12.3. The molecule has 0 fully saturated rings. The van der Waals surface area contributed by atoms with Gasteiger partial charge in [-0.3, -0.25) is 4.79 Å². The molecule has 0 aliphatic rings. The van der Waals surface area contributed by atoms with Gasteiger partial charge in [0.25, 0.3) is 5.91 Å². The first-order valence-electron chi connectivity index (χ1n) is 4.96. The Labute approximate surface area is 108 Å². The number of hydrogen-bond donors (Lipinski definition) is 1. The number of carbonyl (C=O) groups is 1. The molecule has 4 nitrogen and oxygen atoms in total. The Morgan fingerprint density at radius 3 is 3.06 bits per heavy atom. The average Bonchev–Trinajstić information content (AvgIpc) is 2.72. The van der Waals surface area contributed by atoms with Crippen LogP contribution >= 0.6 is 22.9 Å². The Balaban J connectivity index is 1.98. The highest BCUT2D eigenvalue weighted by Crippen LogP contribution is 2.09. The molecule has 1 amide bonds. The predicted molar refractivity (Wildman–Crippen MR) is 67.3 cm³/mol. The molecule has 2 heterocycles. The summed E-state index contributed by atoms with van der Waals surface area (Å²) in [5.41, 5.74) is 1.36. The van der Waals surface area contributed by atoms with E-state index >= 15 is 0 Å². The highest BCUT2D eigenvalue weighted by atomic mass is 35.5. The Hall–Kier alpha value is -1.46. The lowest BCUT2D eigenvalue weighted by Gasteiger charge is -2.03. The van der Waals surface area contributed by atoms with Crippen molar-refractivity contribution >= 4 is 28.8 Å². The maximum atomic E-state index is 11.8. The molecule has 2 aromatic rings. The Morgan fingerprint density at radius 2 is 2.41 bits per heavy atom. The second kappa shape index (κ2) is 5.25. The Bertz CT molecular complexity index is 541. The minimum Gasteiger partial charge on any atom is -0.346 e. The monoisotopic (exact) mass is 267 g/mol. The zero-order valence-electron chi connectivity index (χ0n) is 9.11. The molecule has 0 saturated carbocycles. The van der Waals surface area contributed by atoms with Crippen LogP contribution in [0, 0.1) is 6.92 Å². The fourth-order valence-electron chi connectivity index (χ4n) is 1.31. The van der Waals surface area contributed by atoms with E-state index in [0.29, 0.717) is 17.3 Å². The molecule has 88 valence electrons. The number of nitrogens with one attached hydrogen (secondary N) is 1. The first-order chi connectivity index (χ1) is 8.15. The number of halogens is 1. The van der Waals surface area contributed by atoms with Crippen LogP contribution in [-0.2, 0) is 6.54 Å². The molecule has 0 aliphatic carbocycles. The summed E-state index contributed by atoms with van der Waals surface area (Å²) in [6.45, 7) is 2.35. The van der Waals surface area contributed by atoms with E-state index < -0.39 is 0 Å². The van der Waals surface area contributed by atoms with Crippen LogP contribution in [0.15, 0.2) is 23.7 Å². The topological polar surface area (TPSA) is 54.9 Å². The van der Waals surface area contributed by atoms with Gasteiger partial charge < -0.3 is 5.32 Å². The van der Waals surface area contributed by atoms with Crippen LogP contribution in [-0.4, -0.2) is 15.9 Å². The lowest BCUT2D eigenvalue weighted by molar-refractivity contribution is 0.0950. The van der Waals surface area contributed by atoms with Gasteiger partial charge in [0.2, 0.25) is 0 Å². The zero-order valence-corrected chi connectivity index (χ0v) is 10.7. The molecule has 2 rings (SSSR count). The van der Waals surface area contributed by atoms with E-state index in [1.165, 1.54) is 12.3 Å². The van der Waals surface area contributed by atoms with E-state index in [0.717, 1.165) is 10.7 Å². The number of hydrogen-bond acceptors (Lipinski definition) is 4. The Morgan fingerprint density at radius 1 is 1.59 bits per heavy atom. The van der Waals surface area contributed by atoms with Crippen molar-refractivity contribution in [1.82, 2.24) is 15.3 Å². The smallest absolute Gasteiger partial charge is 0.251 e. The minimum absolute atomic E-state index is 0.181. The van der Waals surface area contributed by atoms with E-state index in [9.17, 15) is 4.79 Å². The summed E-state index contributed by atoms with van der Waals surface area (Å²) in [4.78, 5) is 19.8. The highest BCUT2D eigenvalue weighted by molar-refractivity contribution is 7.09. The van der Waals surface area contributed by atoms with Crippen molar-refractivity contribution in [3.63, 3.8) is 0 Å². The van der Waals surface area contributed by atoms with Gasteiger partial charge in [-0.25, -0.2) is 9.97 Å². The van der Waals surface area contributed by atoms with Gasteiger partial charge in [-0.2, -0.15) is 0 Å². The van der Waals surface area contributed by atoms with E-state index in [1.54, 1.807) is 17.4 Å². The third-order valence-electron chi connectivity index (χ3n) is 2.09. The van der Waals surface area contributed by atoms with Crippen molar-refractivity contribution in [2.24, 2.45) is 0 Å². The van der Waals surface area contributed by atoms with Gasteiger partial charge >= 0.3 is 0 Å². The molecule has 0 aromatic carbocycles. The van der Waals surface area contributed by atoms with E-state index in [1.807, 2.05) is 12.3 Å². The predicted octanol–water partition coefficient (Wildman–Crippen LogP) is 2.43. The number of aromatic nitrogens is 2. The van der Waals surface area contributed by atoms with Crippen LogP contribution in [0.2, 0.25) is 5.15 Å². The normalized spacial score (nSPS) is 10.2.